The van der Waals surface area contributed by atoms with Gasteiger partial charge in [-0.3, -0.25) is 9.69 Å². The van der Waals surface area contributed by atoms with E-state index in [4.69, 9.17) is 5.11 Å². The van der Waals surface area contributed by atoms with Gasteiger partial charge >= 0.3 is 17.8 Å². The fourth-order valence-electron chi connectivity index (χ4n) is 2.49. The lowest BCUT2D eigenvalue weighted by molar-refractivity contribution is -0.749. The molecule has 1 aromatic heterocycles. The van der Waals surface area contributed by atoms with Crippen LogP contribution in [-0.4, -0.2) is 54.2 Å². The van der Waals surface area contributed by atoms with Gasteiger partial charge in [0.15, 0.2) is 5.37 Å². The SMILES string of the molecule is O=C(O)C1=C(CS)C([n+]2[nH]cnc2C(=O)O)SC2CC(=O)N12. The number of hydrogen-bond donors (Lipinski definition) is 4. The topological polar surface area (TPSA) is 127 Å². The zero-order chi connectivity index (χ0) is 16.0. The van der Waals surface area contributed by atoms with E-state index in [1.54, 1.807) is 0 Å². The van der Waals surface area contributed by atoms with Gasteiger partial charge in [-0.05, 0) is 4.98 Å². The highest BCUT2D eigenvalue weighted by Crippen LogP contribution is 2.47. The van der Waals surface area contributed by atoms with E-state index in [1.165, 1.54) is 27.7 Å². The van der Waals surface area contributed by atoms with E-state index in [0.717, 1.165) is 0 Å². The molecule has 1 aromatic rings. The summed E-state index contributed by atoms with van der Waals surface area (Å²) in [5.41, 5.74) is 0.223. The van der Waals surface area contributed by atoms with Crippen molar-refractivity contribution in [3.05, 3.63) is 23.4 Å². The maximum Gasteiger partial charge on any atom is 0.431 e. The van der Waals surface area contributed by atoms with Crippen LogP contribution in [0.1, 0.15) is 22.4 Å². The maximum absolute atomic E-state index is 11.7. The normalized spacial score (nSPS) is 24.0. The molecule has 9 nitrogen and oxygen atoms in total. The van der Waals surface area contributed by atoms with Crippen molar-refractivity contribution in [3.8, 4) is 0 Å². The molecule has 0 spiro atoms. The molecule has 1 fully saturated rings. The molecule has 1 amide bonds. The summed E-state index contributed by atoms with van der Waals surface area (Å²) >= 11 is 5.44. The monoisotopic (exact) mass is 343 g/mol. The summed E-state index contributed by atoms with van der Waals surface area (Å²) in [6.45, 7) is 0. The van der Waals surface area contributed by atoms with Crippen molar-refractivity contribution in [2.24, 2.45) is 0 Å². The average molecular weight is 343 g/mol. The lowest BCUT2D eigenvalue weighted by Gasteiger charge is -2.45. The predicted octanol–water partition coefficient (Wildman–Crippen LogP) is -0.532. The Bertz CT molecular complexity index is 715. The maximum atomic E-state index is 11.7. The van der Waals surface area contributed by atoms with Crippen molar-refractivity contribution < 1.29 is 29.3 Å². The van der Waals surface area contributed by atoms with Crippen molar-refractivity contribution in [1.29, 1.82) is 0 Å². The fraction of sp³-hybridized carbons (Fsp3) is 0.364. The number of nitrogens with one attached hydrogen (secondary N) is 1. The average Bonchev–Trinajstić information content (AvgIpc) is 2.93. The van der Waals surface area contributed by atoms with Crippen LogP contribution >= 0.6 is 24.4 Å². The van der Waals surface area contributed by atoms with Gasteiger partial charge in [-0.1, -0.05) is 11.8 Å². The Morgan fingerprint density at radius 3 is 2.77 bits per heavy atom. The number of thioether (sulfide) groups is 1. The molecular weight excluding hydrogens is 332 g/mol. The van der Waals surface area contributed by atoms with Gasteiger partial charge in [-0.25, -0.2) is 9.59 Å². The molecule has 1 saturated heterocycles. The van der Waals surface area contributed by atoms with Crippen molar-refractivity contribution in [2.75, 3.05) is 5.75 Å². The number of carbonyl (C=O) groups is 3. The molecule has 0 radical (unpaired) electrons. The first-order chi connectivity index (χ1) is 10.5. The molecule has 0 bridgehead atoms. The number of thiol groups is 1. The highest BCUT2D eigenvalue weighted by atomic mass is 32.2. The Hall–Kier alpha value is -2.01. The Morgan fingerprint density at radius 1 is 1.50 bits per heavy atom. The summed E-state index contributed by atoms with van der Waals surface area (Å²) in [7, 11) is 0. The summed E-state index contributed by atoms with van der Waals surface area (Å²) in [5.74, 6) is -2.89. The van der Waals surface area contributed by atoms with Gasteiger partial charge < -0.3 is 10.2 Å². The third-order valence-corrected chi connectivity index (χ3v) is 5.23. The van der Waals surface area contributed by atoms with Gasteiger partial charge in [-0.2, -0.15) is 17.7 Å². The Kier molecular flexibility index (Phi) is 3.60. The smallest absolute Gasteiger partial charge is 0.431 e. The third-order valence-electron chi connectivity index (χ3n) is 3.45. The van der Waals surface area contributed by atoms with Gasteiger partial charge in [0, 0.05) is 11.3 Å². The second-order valence-corrected chi connectivity index (χ2v) is 6.21. The van der Waals surface area contributed by atoms with Crippen LogP contribution in [0.25, 0.3) is 0 Å². The van der Waals surface area contributed by atoms with Crippen LogP contribution in [0, 0.1) is 0 Å². The standard InChI is InChI=1S/C11H10N4O5S2/c16-5-1-6-14(5)7(10(17)18)4(2-21)9(22-6)15-8(11(19)20)12-3-13-15/h3,6,9H,1-2H2,(H3,17,18,19,20,21)/p+1. The van der Waals surface area contributed by atoms with Gasteiger partial charge in [0.05, 0.1) is 11.8 Å². The lowest BCUT2D eigenvalue weighted by atomic mass is 10.1. The number of carboxylic acid groups (broad SMARTS) is 2. The number of fused-ring (bicyclic) bond motifs is 1. The molecule has 2 aliphatic heterocycles. The molecule has 3 heterocycles. The van der Waals surface area contributed by atoms with Crippen molar-refractivity contribution in [2.45, 2.75) is 17.2 Å². The second kappa shape index (κ2) is 5.32. The molecule has 22 heavy (non-hydrogen) atoms. The molecule has 3 N–H and O–H groups in total. The van der Waals surface area contributed by atoms with E-state index in [0.29, 0.717) is 5.57 Å². The van der Waals surface area contributed by atoms with E-state index >= 15 is 0 Å². The highest BCUT2D eigenvalue weighted by molar-refractivity contribution is 8.00. The van der Waals surface area contributed by atoms with Crippen LogP contribution in [0.2, 0.25) is 0 Å². The minimum absolute atomic E-state index is 0.0703. The van der Waals surface area contributed by atoms with E-state index in [2.05, 4.69) is 22.7 Å². The summed E-state index contributed by atoms with van der Waals surface area (Å²) in [4.78, 5) is 39.4. The predicted molar refractivity (Wildman–Crippen MR) is 76.1 cm³/mol. The number of aliphatic carboxylic acids is 1. The third kappa shape index (κ3) is 2.08. The first-order valence-electron chi connectivity index (χ1n) is 6.18. The van der Waals surface area contributed by atoms with Gasteiger partial charge in [-0.15, -0.1) is 4.68 Å². The van der Waals surface area contributed by atoms with Gasteiger partial charge in [0.1, 0.15) is 5.70 Å². The lowest BCUT2D eigenvalue weighted by Crippen LogP contribution is -2.58. The number of hydrogen-bond acceptors (Lipinski definition) is 6. The summed E-state index contributed by atoms with van der Waals surface area (Å²) in [6.07, 6.45) is 1.44. The zero-order valence-corrected chi connectivity index (χ0v) is 12.7. The molecule has 0 saturated carbocycles. The molecule has 2 atom stereocenters. The first kappa shape index (κ1) is 14.9. The molecule has 11 heteroatoms. The second-order valence-electron chi connectivity index (χ2n) is 4.63. The van der Waals surface area contributed by atoms with Crippen LogP contribution in [0.3, 0.4) is 0 Å². The number of aromatic nitrogens is 3. The Morgan fingerprint density at radius 2 is 2.23 bits per heavy atom. The van der Waals surface area contributed by atoms with Crippen LogP contribution in [0.4, 0.5) is 0 Å². The highest BCUT2D eigenvalue weighted by Gasteiger charge is 2.51. The number of carboxylic acids is 2. The number of rotatable bonds is 4. The minimum atomic E-state index is -1.23. The number of aromatic carboxylic acids is 1. The molecule has 116 valence electrons. The number of amides is 1. The zero-order valence-electron chi connectivity index (χ0n) is 11.0. The van der Waals surface area contributed by atoms with Crippen LogP contribution < -0.4 is 4.68 Å². The largest absolute Gasteiger partial charge is 0.477 e. The summed E-state index contributed by atoms with van der Waals surface area (Å²) in [6, 6.07) is 0. The number of carbonyl (C=O) groups excluding carboxylic acids is 1. The summed E-state index contributed by atoms with van der Waals surface area (Å²) < 4.78 is 1.28. The number of nitrogens with zero attached hydrogens (tertiary/aromatic N) is 3. The van der Waals surface area contributed by atoms with Crippen LogP contribution in [0.5, 0.6) is 0 Å². The van der Waals surface area contributed by atoms with Crippen molar-refractivity contribution in [1.82, 2.24) is 15.0 Å². The van der Waals surface area contributed by atoms with E-state index in [1.807, 2.05) is 0 Å². The molecule has 3 rings (SSSR count). The first-order valence-corrected chi connectivity index (χ1v) is 7.76. The van der Waals surface area contributed by atoms with Crippen LogP contribution in [0.15, 0.2) is 17.6 Å². The molecule has 2 unspecified atom stereocenters. The number of H-pyrrole nitrogens is 1. The van der Waals surface area contributed by atoms with Crippen molar-refractivity contribution >= 4 is 42.2 Å². The molecule has 0 aromatic carbocycles. The Balaban J connectivity index is 2.13. The molecule has 0 aliphatic carbocycles. The van der Waals surface area contributed by atoms with E-state index < -0.39 is 17.3 Å². The van der Waals surface area contributed by atoms with Gasteiger partial charge in [0.25, 0.3) is 0 Å². The minimum Gasteiger partial charge on any atom is -0.477 e. The quantitative estimate of drug-likeness (QED) is 0.329. The van der Waals surface area contributed by atoms with E-state index in [-0.39, 0.29) is 35.0 Å². The number of β-lactam (4-membered cyclic amide) rings is 1. The van der Waals surface area contributed by atoms with E-state index in [9.17, 15) is 19.5 Å². The van der Waals surface area contributed by atoms with Gasteiger partial charge in [0.2, 0.25) is 12.2 Å². The number of aromatic amines is 1. The molecule has 2 aliphatic rings. The fourth-order valence-corrected chi connectivity index (χ4v) is 4.46. The Labute approximate surface area is 133 Å². The van der Waals surface area contributed by atoms with Crippen LogP contribution in [-0.2, 0) is 9.59 Å². The summed E-state index contributed by atoms with van der Waals surface area (Å²) in [5, 5.41) is 20.3. The van der Waals surface area contributed by atoms with Crippen molar-refractivity contribution in [3.63, 3.8) is 0 Å². The molecular formula is C11H11N4O5S2+.